The van der Waals surface area contributed by atoms with Crippen molar-refractivity contribution in [2.75, 3.05) is 48.8 Å². The molecule has 1 aliphatic heterocycles. The van der Waals surface area contributed by atoms with E-state index in [1.54, 1.807) is 0 Å². The molecule has 1 saturated heterocycles. The van der Waals surface area contributed by atoms with Gasteiger partial charge in [-0.25, -0.2) is 9.97 Å². The van der Waals surface area contributed by atoms with Crippen molar-refractivity contribution in [1.29, 1.82) is 0 Å². The third-order valence-corrected chi connectivity index (χ3v) is 5.64. The first-order valence-corrected chi connectivity index (χ1v) is 11.9. The van der Waals surface area contributed by atoms with Crippen LogP contribution in [0.4, 0.5) is 23.1 Å². The van der Waals surface area contributed by atoms with E-state index in [9.17, 15) is 4.79 Å². The Kier molecular flexibility index (Phi) is 9.08. The fourth-order valence-corrected chi connectivity index (χ4v) is 3.89. The Labute approximate surface area is 199 Å². The van der Waals surface area contributed by atoms with Gasteiger partial charge in [-0.1, -0.05) is 20.3 Å². The van der Waals surface area contributed by atoms with Gasteiger partial charge in [0.15, 0.2) is 11.0 Å². The summed E-state index contributed by atoms with van der Waals surface area (Å²) in [5.41, 5.74) is 1.72. The Morgan fingerprint density at radius 2 is 1.76 bits per heavy atom. The zero-order chi connectivity index (χ0) is 23.6. The second kappa shape index (κ2) is 12.2. The van der Waals surface area contributed by atoms with E-state index in [1.807, 2.05) is 43.3 Å². The number of piperazine rings is 1. The third-order valence-electron chi connectivity index (χ3n) is 4.77. The highest BCUT2D eigenvalue weighted by molar-refractivity contribution is 7.99. The quantitative estimate of drug-likeness (QED) is 0.351. The fraction of sp³-hybridized carbons (Fsp3) is 0.391. The van der Waals surface area contributed by atoms with Gasteiger partial charge in [-0.3, -0.25) is 9.89 Å². The standard InChI is InChI=1S/C20H24N8OS.C3H8/c1-14-11-18(26-25-14)22-17-12-19(28-9-7-27(2)8-10-28)24-20(23-17)30-16-5-3-15(4-6-16)21-13-29;1-3-2/h3-6,11-13H,7-10H2,1-2H3,(H,21,29)(H2,22,23,24,25,26);3H2,1-2H3. The number of hydrogen-bond donors (Lipinski definition) is 3. The topological polar surface area (TPSA) is 102 Å². The van der Waals surface area contributed by atoms with Crippen LogP contribution in [0.3, 0.4) is 0 Å². The number of benzene rings is 1. The molecule has 3 heterocycles. The lowest BCUT2D eigenvalue weighted by Crippen LogP contribution is -2.44. The van der Waals surface area contributed by atoms with Crippen molar-refractivity contribution in [2.45, 2.75) is 37.2 Å². The number of carbonyl (C=O) groups excluding carboxylic acids is 1. The Morgan fingerprint density at radius 1 is 1.06 bits per heavy atom. The molecule has 10 heteroatoms. The van der Waals surface area contributed by atoms with Gasteiger partial charge in [0.2, 0.25) is 6.41 Å². The summed E-state index contributed by atoms with van der Waals surface area (Å²) in [6.07, 6.45) is 1.92. The first-order valence-electron chi connectivity index (χ1n) is 11.1. The highest BCUT2D eigenvalue weighted by atomic mass is 32.2. The number of amides is 1. The Morgan fingerprint density at radius 3 is 2.36 bits per heavy atom. The molecule has 1 aromatic carbocycles. The van der Waals surface area contributed by atoms with Crippen LogP contribution in [-0.4, -0.2) is 64.7 Å². The molecule has 0 radical (unpaired) electrons. The zero-order valence-corrected chi connectivity index (χ0v) is 20.4. The monoisotopic (exact) mass is 468 g/mol. The molecule has 2 aromatic heterocycles. The van der Waals surface area contributed by atoms with E-state index in [0.717, 1.165) is 54.1 Å². The average Bonchev–Trinajstić information content (AvgIpc) is 3.20. The number of H-pyrrole nitrogens is 1. The van der Waals surface area contributed by atoms with Gasteiger partial charge in [-0.2, -0.15) is 5.10 Å². The molecule has 9 nitrogen and oxygen atoms in total. The molecule has 0 atom stereocenters. The lowest BCUT2D eigenvalue weighted by molar-refractivity contribution is -0.105. The molecule has 1 aliphatic rings. The van der Waals surface area contributed by atoms with Gasteiger partial charge in [0.1, 0.15) is 11.6 Å². The maximum Gasteiger partial charge on any atom is 0.211 e. The maximum absolute atomic E-state index is 10.6. The van der Waals surface area contributed by atoms with Crippen LogP contribution in [0.25, 0.3) is 0 Å². The maximum atomic E-state index is 10.6. The van der Waals surface area contributed by atoms with Gasteiger partial charge >= 0.3 is 0 Å². The molecule has 1 fully saturated rings. The van der Waals surface area contributed by atoms with Gasteiger partial charge in [0.25, 0.3) is 0 Å². The van der Waals surface area contributed by atoms with Crippen LogP contribution in [-0.2, 0) is 4.79 Å². The van der Waals surface area contributed by atoms with Crippen molar-refractivity contribution in [1.82, 2.24) is 25.1 Å². The van der Waals surface area contributed by atoms with Crippen LogP contribution in [0.15, 0.2) is 46.5 Å². The van der Waals surface area contributed by atoms with Crippen molar-refractivity contribution >= 4 is 41.3 Å². The molecule has 0 bridgehead atoms. The molecule has 4 rings (SSSR count). The number of anilines is 4. The second-order valence-electron chi connectivity index (χ2n) is 7.84. The summed E-state index contributed by atoms with van der Waals surface area (Å²) in [5.74, 6) is 2.32. The van der Waals surface area contributed by atoms with Crippen LogP contribution in [0.2, 0.25) is 0 Å². The SMILES string of the molecule is CCC.Cc1cc(Nc2cc(N3CCN(C)CC3)nc(Sc3ccc(NC=O)cc3)n2)n[nH]1. The Hall–Kier alpha value is -3.11. The molecule has 176 valence electrons. The normalized spacial score (nSPS) is 13.8. The number of carbonyl (C=O) groups is 1. The first kappa shape index (κ1) is 24.5. The minimum atomic E-state index is 0.650. The smallest absolute Gasteiger partial charge is 0.211 e. The number of aromatic nitrogens is 4. The van der Waals surface area contributed by atoms with E-state index in [0.29, 0.717) is 17.4 Å². The number of aryl methyl sites for hydroxylation is 1. The lowest BCUT2D eigenvalue weighted by atomic mass is 10.3. The minimum absolute atomic E-state index is 0.650. The van der Waals surface area contributed by atoms with E-state index in [4.69, 9.17) is 4.98 Å². The van der Waals surface area contributed by atoms with Crippen molar-refractivity contribution < 1.29 is 4.79 Å². The number of aromatic amines is 1. The van der Waals surface area contributed by atoms with E-state index < -0.39 is 0 Å². The lowest BCUT2D eigenvalue weighted by Gasteiger charge is -2.33. The summed E-state index contributed by atoms with van der Waals surface area (Å²) in [6.45, 7) is 10.0. The van der Waals surface area contributed by atoms with Crippen molar-refractivity contribution in [2.24, 2.45) is 0 Å². The molecular weight excluding hydrogens is 436 g/mol. The van der Waals surface area contributed by atoms with Crippen LogP contribution in [0.1, 0.15) is 26.0 Å². The summed E-state index contributed by atoms with van der Waals surface area (Å²) < 4.78 is 0. The summed E-state index contributed by atoms with van der Waals surface area (Å²) in [5, 5.41) is 13.7. The van der Waals surface area contributed by atoms with E-state index >= 15 is 0 Å². The highest BCUT2D eigenvalue weighted by Crippen LogP contribution is 2.30. The summed E-state index contributed by atoms with van der Waals surface area (Å²) >= 11 is 1.48. The van der Waals surface area contributed by atoms with E-state index in [2.05, 4.69) is 56.5 Å². The van der Waals surface area contributed by atoms with Crippen molar-refractivity contribution in [3.63, 3.8) is 0 Å². The predicted octanol–water partition coefficient (Wildman–Crippen LogP) is 4.14. The van der Waals surface area contributed by atoms with Gasteiger partial charge in [-0.15, -0.1) is 0 Å². The minimum Gasteiger partial charge on any atom is -0.354 e. The number of likely N-dealkylation sites (N-methyl/N-ethyl adjacent to an activating group) is 1. The summed E-state index contributed by atoms with van der Waals surface area (Å²) in [7, 11) is 2.13. The highest BCUT2D eigenvalue weighted by Gasteiger charge is 2.18. The third kappa shape index (κ3) is 7.47. The fourth-order valence-electron chi connectivity index (χ4n) is 3.13. The van der Waals surface area contributed by atoms with Crippen LogP contribution >= 0.6 is 11.8 Å². The van der Waals surface area contributed by atoms with Gasteiger partial charge in [0, 0.05) is 54.6 Å². The molecule has 3 N–H and O–H groups in total. The van der Waals surface area contributed by atoms with Crippen molar-refractivity contribution in [3.8, 4) is 0 Å². The average molecular weight is 469 g/mol. The van der Waals surface area contributed by atoms with Gasteiger partial charge in [-0.05, 0) is 50.0 Å². The number of rotatable bonds is 7. The number of hydrogen-bond acceptors (Lipinski definition) is 8. The largest absolute Gasteiger partial charge is 0.354 e. The van der Waals surface area contributed by atoms with Crippen LogP contribution < -0.4 is 15.5 Å². The molecule has 1 amide bonds. The van der Waals surface area contributed by atoms with Crippen molar-refractivity contribution in [3.05, 3.63) is 42.1 Å². The predicted molar refractivity (Wildman–Crippen MR) is 135 cm³/mol. The molecule has 33 heavy (non-hydrogen) atoms. The van der Waals surface area contributed by atoms with Crippen LogP contribution in [0.5, 0.6) is 0 Å². The Bertz CT molecular complexity index is 1020. The van der Waals surface area contributed by atoms with E-state index in [1.165, 1.54) is 18.2 Å². The van der Waals surface area contributed by atoms with E-state index in [-0.39, 0.29) is 0 Å². The molecule has 0 unspecified atom stereocenters. The molecule has 0 spiro atoms. The van der Waals surface area contributed by atoms with Gasteiger partial charge in [0.05, 0.1) is 0 Å². The Balaban J connectivity index is 0.000000968. The molecular formula is C23H32N8OS. The molecule has 3 aromatic rings. The summed E-state index contributed by atoms with van der Waals surface area (Å²) in [6, 6.07) is 11.5. The van der Waals surface area contributed by atoms with Crippen LogP contribution in [0, 0.1) is 6.92 Å². The first-order chi connectivity index (χ1) is 16.0. The molecule has 0 saturated carbocycles. The molecule has 0 aliphatic carbocycles. The summed E-state index contributed by atoms with van der Waals surface area (Å²) in [4.78, 5) is 25.7. The zero-order valence-electron chi connectivity index (χ0n) is 19.6. The van der Waals surface area contributed by atoms with Gasteiger partial charge < -0.3 is 20.4 Å². The number of nitrogens with zero attached hydrogens (tertiary/aromatic N) is 5. The second-order valence-corrected chi connectivity index (χ2v) is 8.88. The number of nitrogens with one attached hydrogen (secondary N) is 3.